The highest BCUT2D eigenvalue weighted by molar-refractivity contribution is 6.37. The molecule has 1 fully saturated rings. The molecule has 0 aromatic heterocycles. The molecule has 0 radical (unpaired) electrons. The van der Waals surface area contributed by atoms with Crippen LogP contribution >= 0.6 is 0 Å². The number of aromatic carboxylic acids is 1. The number of carbonyl (C=O) groups is 3. The Bertz CT molecular complexity index is 1510. The number of nitrogens with zero attached hydrogens (tertiary/aromatic N) is 1. The van der Waals surface area contributed by atoms with E-state index in [-0.39, 0.29) is 30.2 Å². The number of nitrogens with one attached hydrogen (secondary N) is 3. The summed E-state index contributed by atoms with van der Waals surface area (Å²) in [6.07, 6.45) is -0.320. The number of piperidine rings is 1. The molecule has 5 rings (SSSR count). The monoisotopic (exact) mass is 560 g/mol. The molecule has 2 amide bonds. The molecule has 0 bridgehead atoms. The molecular weight excluding hydrogens is 530 g/mol. The van der Waals surface area contributed by atoms with E-state index in [4.69, 9.17) is 0 Å². The second kappa shape index (κ2) is 11.5. The van der Waals surface area contributed by atoms with Gasteiger partial charge in [0.1, 0.15) is 0 Å². The summed E-state index contributed by atoms with van der Waals surface area (Å²) in [7, 11) is 0. The van der Waals surface area contributed by atoms with Crippen molar-refractivity contribution in [2.24, 2.45) is 0 Å². The van der Waals surface area contributed by atoms with Crippen molar-refractivity contribution in [2.45, 2.75) is 25.7 Å². The Labute approximate surface area is 236 Å². The zero-order valence-corrected chi connectivity index (χ0v) is 22.5. The number of likely N-dealkylation sites (tertiary alicyclic amines) is 1. The van der Waals surface area contributed by atoms with Crippen LogP contribution in [0.4, 0.5) is 20.2 Å². The zero-order valence-electron chi connectivity index (χ0n) is 22.5. The Morgan fingerprint density at radius 1 is 1.00 bits per heavy atom. The number of carbonyl (C=O) groups excluding carboxylic acids is 2. The molecule has 41 heavy (non-hydrogen) atoms. The summed E-state index contributed by atoms with van der Waals surface area (Å²) >= 11 is 0. The number of carboxylic acid groups (broad SMARTS) is 1. The second-order valence-corrected chi connectivity index (χ2v) is 10.2. The van der Waals surface area contributed by atoms with E-state index in [9.17, 15) is 28.3 Å². The van der Waals surface area contributed by atoms with Gasteiger partial charge < -0.3 is 26.0 Å². The summed E-state index contributed by atoms with van der Waals surface area (Å²) < 4.78 is 26.7. The Hall–Kier alpha value is -4.57. The lowest BCUT2D eigenvalue weighted by Crippen LogP contribution is -2.43. The molecule has 2 aliphatic heterocycles. The number of amides is 2. The van der Waals surface area contributed by atoms with Gasteiger partial charge in [0.15, 0.2) is 0 Å². The number of hydrogen-bond donors (Lipinski definition) is 4. The molecule has 0 unspecified atom stereocenters. The molecule has 0 atom stereocenters. The van der Waals surface area contributed by atoms with Gasteiger partial charge in [0.25, 0.3) is 17.7 Å². The first-order valence-electron chi connectivity index (χ1n) is 13.4. The van der Waals surface area contributed by atoms with Crippen LogP contribution < -0.4 is 16.0 Å². The molecule has 212 valence electrons. The van der Waals surface area contributed by atoms with Crippen molar-refractivity contribution in [2.75, 3.05) is 36.8 Å². The highest BCUT2D eigenvalue weighted by Crippen LogP contribution is 2.39. The molecule has 2 heterocycles. The van der Waals surface area contributed by atoms with Gasteiger partial charge in [0.2, 0.25) is 0 Å². The molecule has 0 spiro atoms. The maximum absolute atomic E-state index is 13.3. The van der Waals surface area contributed by atoms with E-state index in [1.165, 1.54) is 6.07 Å². The lowest BCUT2D eigenvalue weighted by Gasteiger charge is -2.31. The van der Waals surface area contributed by atoms with Gasteiger partial charge >= 0.3 is 5.97 Å². The number of fused-ring (bicyclic) bond motifs is 1. The average Bonchev–Trinajstić information content (AvgIpc) is 3.27. The first-order chi connectivity index (χ1) is 19.6. The average molecular weight is 561 g/mol. The van der Waals surface area contributed by atoms with E-state index in [0.717, 1.165) is 5.56 Å². The SMILES string of the molecule is Cc1cc2c(cc1C(=O)O)NC(=O)C2=C(Nc1ccc(C(=O)NCCN2CCC(F)(F)CC2)cc1)c1ccccc1. The summed E-state index contributed by atoms with van der Waals surface area (Å²) in [5.41, 5.74) is 4.42. The number of anilines is 2. The van der Waals surface area contributed by atoms with Crippen molar-refractivity contribution in [3.05, 3.63) is 94.5 Å². The first-order valence-corrected chi connectivity index (χ1v) is 13.4. The minimum absolute atomic E-state index is 0.117. The van der Waals surface area contributed by atoms with Crippen LogP contribution in [-0.4, -0.2) is 59.9 Å². The number of carboxylic acids is 1. The normalized spacial score (nSPS) is 17.4. The summed E-state index contributed by atoms with van der Waals surface area (Å²) in [6, 6.07) is 19.3. The highest BCUT2D eigenvalue weighted by Gasteiger charge is 2.34. The van der Waals surface area contributed by atoms with E-state index < -0.39 is 11.9 Å². The molecular formula is C31H30F2N4O4. The van der Waals surface area contributed by atoms with Gasteiger partial charge in [-0.05, 0) is 54.4 Å². The van der Waals surface area contributed by atoms with Crippen LogP contribution in [0.1, 0.15) is 50.2 Å². The summed E-state index contributed by atoms with van der Waals surface area (Å²) in [5.74, 6) is -4.30. The van der Waals surface area contributed by atoms with Crippen molar-refractivity contribution in [3.8, 4) is 0 Å². The summed E-state index contributed by atoms with van der Waals surface area (Å²) in [4.78, 5) is 39.4. The molecule has 2 aliphatic rings. The van der Waals surface area contributed by atoms with Crippen LogP contribution in [0.2, 0.25) is 0 Å². The smallest absolute Gasteiger partial charge is 0.336 e. The van der Waals surface area contributed by atoms with Gasteiger partial charge in [-0.3, -0.25) is 9.59 Å². The summed E-state index contributed by atoms with van der Waals surface area (Å²) in [6.45, 7) is 3.17. The third kappa shape index (κ3) is 6.28. The molecule has 3 aromatic carbocycles. The third-order valence-corrected chi connectivity index (χ3v) is 7.37. The van der Waals surface area contributed by atoms with E-state index in [1.807, 2.05) is 35.2 Å². The Morgan fingerprint density at radius 2 is 1.68 bits per heavy atom. The van der Waals surface area contributed by atoms with E-state index in [2.05, 4.69) is 16.0 Å². The van der Waals surface area contributed by atoms with E-state index >= 15 is 0 Å². The van der Waals surface area contributed by atoms with Crippen LogP contribution in [0.3, 0.4) is 0 Å². The lowest BCUT2D eigenvalue weighted by atomic mass is 9.96. The number of halogens is 2. The minimum atomic E-state index is -2.60. The maximum atomic E-state index is 13.3. The van der Waals surface area contributed by atoms with Gasteiger partial charge in [-0.1, -0.05) is 30.3 Å². The van der Waals surface area contributed by atoms with Gasteiger partial charge in [-0.15, -0.1) is 0 Å². The van der Waals surface area contributed by atoms with E-state index in [1.54, 1.807) is 37.3 Å². The molecule has 0 saturated carbocycles. The van der Waals surface area contributed by atoms with Crippen molar-refractivity contribution in [3.63, 3.8) is 0 Å². The second-order valence-electron chi connectivity index (χ2n) is 10.2. The standard InChI is InChI=1S/C31H30F2N4O4/c1-19-17-24-25(18-23(19)30(40)41)36-29(39)26(24)27(20-5-3-2-4-6-20)35-22-9-7-21(8-10-22)28(38)34-13-16-37-14-11-31(32,33)12-15-37/h2-10,17-18,35H,11-16H2,1H3,(H,34,38)(H,36,39)(H,40,41). The van der Waals surface area contributed by atoms with Crippen LogP contribution in [0, 0.1) is 6.92 Å². The Morgan fingerprint density at radius 3 is 2.34 bits per heavy atom. The van der Waals surface area contributed by atoms with Gasteiger partial charge in [0.05, 0.1) is 22.5 Å². The third-order valence-electron chi connectivity index (χ3n) is 7.37. The molecule has 10 heteroatoms. The number of hydrogen-bond acceptors (Lipinski definition) is 5. The Kier molecular flexibility index (Phi) is 7.85. The van der Waals surface area contributed by atoms with Crippen LogP contribution in [0.25, 0.3) is 11.3 Å². The van der Waals surface area contributed by atoms with Crippen molar-refractivity contribution in [1.29, 1.82) is 0 Å². The predicted octanol–water partition coefficient (Wildman–Crippen LogP) is 5.09. The summed E-state index contributed by atoms with van der Waals surface area (Å²) in [5, 5.41) is 18.5. The van der Waals surface area contributed by atoms with Crippen LogP contribution in [0.5, 0.6) is 0 Å². The van der Waals surface area contributed by atoms with Crippen molar-refractivity contribution < 1.29 is 28.3 Å². The molecule has 1 saturated heterocycles. The fourth-order valence-electron chi connectivity index (χ4n) is 5.07. The fourth-order valence-corrected chi connectivity index (χ4v) is 5.07. The van der Waals surface area contributed by atoms with E-state index in [0.29, 0.717) is 65.5 Å². The zero-order chi connectivity index (χ0) is 29.1. The topological polar surface area (TPSA) is 111 Å². The number of aryl methyl sites for hydroxylation is 1. The van der Waals surface area contributed by atoms with Crippen LogP contribution in [0.15, 0.2) is 66.7 Å². The largest absolute Gasteiger partial charge is 0.478 e. The minimum Gasteiger partial charge on any atom is -0.478 e. The number of rotatable bonds is 8. The van der Waals surface area contributed by atoms with Crippen molar-refractivity contribution >= 4 is 40.4 Å². The number of alkyl halides is 2. The molecule has 3 aromatic rings. The predicted molar refractivity (Wildman–Crippen MR) is 153 cm³/mol. The fraction of sp³-hybridized carbons (Fsp3) is 0.258. The lowest BCUT2D eigenvalue weighted by molar-refractivity contribution is -0.110. The maximum Gasteiger partial charge on any atom is 0.336 e. The quantitative estimate of drug-likeness (QED) is 0.286. The molecule has 0 aliphatic carbocycles. The van der Waals surface area contributed by atoms with Gasteiger partial charge in [-0.2, -0.15) is 0 Å². The molecule has 8 nitrogen and oxygen atoms in total. The highest BCUT2D eigenvalue weighted by atomic mass is 19.3. The number of benzene rings is 3. The van der Waals surface area contributed by atoms with Crippen LogP contribution in [-0.2, 0) is 4.79 Å². The van der Waals surface area contributed by atoms with Gasteiger partial charge in [0, 0.05) is 55.8 Å². The first kappa shape index (κ1) is 28.0. The molecule has 4 N–H and O–H groups in total. The van der Waals surface area contributed by atoms with Gasteiger partial charge in [-0.25, -0.2) is 13.6 Å². The Balaban J connectivity index is 1.34. The van der Waals surface area contributed by atoms with Crippen molar-refractivity contribution in [1.82, 2.24) is 10.2 Å².